The van der Waals surface area contributed by atoms with Crippen LogP contribution < -0.4 is 0 Å². The van der Waals surface area contributed by atoms with Crippen molar-refractivity contribution in [3.63, 3.8) is 0 Å². The second-order valence-electron chi connectivity index (χ2n) is 3.25. The van der Waals surface area contributed by atoms with Crippen LogP contribution in [0.5, 0.6) is 0 Å². The summed E-state index contributed by atoms with van der Waals surface area (Å²) in [5.74, 6) is 0. The van der Waals surface area contributed by atoms with Crippen LogP contribution in [0.15, 0.2) is 0 Å². The molecule has 0 bridgehead atoms. The molecule has 0 rings (SSSR count). The van der Waals surface area contributed by atoms with E-state index in [2.05, 4.69) is 36.8 Å². The fourth-order valence-corrected chi connectivity index (χ4v) is 3.27. The van der Waals surface area contributed by atoms with Crippen LogP contribution in [-0.4, -0.2) is 57.3 Å². The van der Waals surface area contributed by atoms with Crippen LogP contribution in [-0.2, 0) is 22.4 Å². The van der Waals surface area contributed by atoms with Crippen LogP contribution in [0.25, 0.3) is 0 Å². The molecule has 0 saturated heterocycles. The molecule has 0 aliphatic carbocycles. The maximum absolute atomic E-state index is 10.5. The topological polar surface area (TPSA) is 20.3 Å². The van der Waals surface area contributed by atoms with Crippen LogP contribution in [0.3, 0.4) is 0 Å². The molecule has 0 aliphatic heterocycles. The van der Waals surface area contributed by atoms with E-state index in [-0.39, 0.29) is 35.1 Å². The van der Waals surface area contributed by atoms with Gasteiger partial charge < -0.3 is 0 Å². The van der Waals surface area contributed by atoms with Gasteiger partial charge in [-0.25, -0.2) is 0 Å². The molecule has 2 radical (unpaired) electrons. The van der Waals surface area contributed by atoms with Crippen molar-refractivity contribution < 1.29 is 27.2 Å². The van der Waals surface area contributed by atoms with Gasteiger partial charge in [0.05, 0.1) is 18.5 Å². The summed E-state index contributed by atoms with van der Waals surface area (Å²) in [7, 11) is 0.137. The number of carbonyl (C=O) groups is 1. The molecule has 5 heteroatoms. The van der Waals surface area contributed by atoms with Gasteiger partial charge in [0, 0.05) is 22.4 Å². The molecule has 0 spiro atoms. The molecule has 0 aliphatic rings. The van der Waals surface area contributed by atoms with Crippen LogP contribution in [0, 0.1) is 0 Å². The van der Waals surface area contributed by atoms with E-state index in [4.69, 9.17) is 0 Å². The first-order valence-electron chi connectivity index (χ1n) is 5.86. The summed E-state index contributed by atoms with van der Waals surface area (Å²) in [5.41, 5.74) is 0. The molecule has 0 N–H and O–H groups in total. The van der Waals surface area contributed by atoms with E-state index in [0.29, 0.717) is 0 Å². The number of hydrogen-bond acceptors (Lipinski definition) is 1. The summed E-state index contributed by atoms with van der Waals surface area (Å²) < 4.78 is 0. The number of rotatable bonds is 5. The van der Waals surface area contributed by atoms with E-state index in [1.165, 1.54) is 18.5 Å². The summed E-state index contributed by atoms with van der Waals surface area (Å²) in [6.45, 7) is 12.4. The molecule has 0 heterocycles. The maximum Gasteiger partial charge on any atom is 0.0543 e. The van der Waals surface area contributed by atoms with E-state index in [1.807, 2.05) is 13.8 Å². The third kappa shape index (κ3) is 13.2. The Labute approximate surface area is 126 Å². The zero-order valence-electron chi connectivity index (χ0n) is 11.1. The molecule has 0 unspecified atom stereocenters. The first-order chi connectivity index (χ1) is 7.06. The maximum atomic E-state index is 10.5. The van der Waals surface area contributed by atoms with Crippen molar-refractivity contribution in [3.05, 3.63) is 0 Å². The number of amides is 1. The molecule has 0 aromatic rings. The first kappa shape index (κ1) is 22.3. The average Bonchev–Trinajstić information content (AvgIpc) is 2.22. The predicted molar refractivity (Wildman–Crippen MR) is 74.0 cm³/mol. The molecule has 1 amide bonds. The van der Waals surface area contributed by atoms with Crippen LogP contribution in [0.2, 0.25) is 0 Å². The largest absolute Gasteiger partial charge is 0.0543 e. The average molecular weight is 495 g/mol. The molecule has 0 fully saturated rings. The van der Waals surface area contributed by atoms with Crippen molar-refractivity contribution in [2.75, 3.05) is 31.6 Å². The quantitative estimate of drug-likeness (QED) is 0.425. The third-order valence-corrected chi connectivity index (χ3v) is 6.06. The molecule has 2 nitrogen and oxygen atoms in total. The van der Waals surface area contributed by atoms with Crippen molar-refractivity contribution in [1.29, 1.82) is 0 Å². The molecule has 0 aromatic heterocycles. The second-order valence-corrected chi connectivity index (χ2v) is 7.60. The summed E-state index contributed by atoms with van der Waals surface area (Å²) >= 11 is 2.43. The van der Waals surface area contributed by atoms with Gasteiger partial charge in [0.2, 0.25) is 0 Å². The van der Waals surface area contributed by atoms with E-state index < -0.39 is 0 Å². The van der Waals surface area contributed by atoms with Crippen molar-refractivity contribution in [3.8, 4) is 0 Å². The van der Waals surface area contributed by atoms with Gasteiger partial charge in [-0.15, -0.1) is 0 Å². The predicted octanol–water partition coefficient (Wildman–Crippen LogP) is 2.87. The van der Waals surface area contributed by atoms with E-state index >= 15 is 0 Å². The SMILES string of the molecule is CCN(CC)C(=O)[Se].CC[PH+](CC)CC.[Au]. The Bertz CT molecular complexity index is 147. The van der Waals surface area contributed by atoms with E-state index in [1.54, 1.807) is 4.90 Å². The fourth-order valence-electron chi connectivity index (χ4n) is 1.23. The van der Waals surface area contributed by atoms with Crippen molar-refractivity contribution >= 4 is 28.7 Å². The Morgan fingerprint density at radius 2 is 1.31 bits per heavy atom. The van der Waals surface area contributed by atoms with Gasteiger partial charge in [-0.1, -0.05) is 0 Å². The minimum absolute atomic E-state index is 0. The third-order valence-electron chi connectivity index (χ3n) is 2.52. The minimum atomic E-state index is 0. The molecule has 0 aromatic carbocycles. The number of carbonyl (C=O) groups excluding carboxylic acids is 1. The van der Waals surface area contributed by atoms with Gasteiger partial charge in [0.25, 0.3) is 0 Å². The number of hydrogen-bond donors (Lipinski definition) is 0. The van der Waals surface area contributed by atoms with E-state index in [9.17, 15) is 4.79 Å². The van der Waals surface area contributed by atoms with Gasteiger partial charge >= 0.3 is 57.4 Å². The Morgan fingerprint density at radius 1 is 1.00 bits per heavy atom. The minimum Gasteiger partial charge on any atom is -0.0313 e. The normalized spacial score (nSPS) is 8.88. The molecule has 102 valence electrons. The summed E-state index contributed by atoms with van der Waals surface area (Å²) in [6.07, 6.45) is 4.37. The standard InChI is InChI=1S/C6H15P.C5H10NOSe.Au/c1-4-7(5-2)6-3;1-3-6(4-2)5(7)8;/h4-6H2,1-3H3;3-4H2,1-2H3;/p+1. The molecule has 16 heavy (non-hydrogen) atoms. The van der Waals surface area contributed by atoms with Crippen LogP contribution in [0.4, 0.5) is 4.79 Å². The van der Waals surface area contributed by atoms with Gasteiger partial charge in [-0.2, -0.15) is 0 Å². The molecular weight excluding hydrogens is 469 g/mol. The Morgan fingerprint density at radius 3 is 1.31 bits per heavy atom. The Kier molecular flexibility index (Phi) is 22.6. The van der Waals surface area contributed by atoms with Crippen molar-refractivity contribution in [2.24, 2.45) is 0 Å². The number of nitrogens with zero attached hydrogens (tertiary/aromatic N) is 1. The Balaban J connectivity index is -0.000000200. The molecule has 0 atom stereocenters. The first-order valence-corrected chi connectivity index (χ1v) is 8.84. The van der Waals surface area contributed by atoms with Gasteiger partial charge in [-0.3, -0.25) is 0 Å². The van der Waals surface area contributed by atoms with Gasteiger partial charge in [0.1, 0.15) is 0 Å². The summed E-state index contributed by atoms with van der Waals surface area (Å²) in [6, 6.07) is 0. The Hall–Kier alpha value is 1.16. The van der Waals surface area contributed by atoms with E-state index in [0.717, 1.165) is 13.1 Å². The summed E-state index contributed by atoms with van der Waals surface area (Å²) in [4.78, 5) is 12.2. The van der Waals surface area contributed by atoms with Crippen LogP contribution in [0.1, 0.15) is 34.6 Å². The summed E-state index contributed by atoms with van der Waals surface area (Å²) in [5, 5.41) is 0. The molecule has 0 saturated carbocycles. The van der Waals surface area contributed by atoms with Crippen LogP contribution >= 0.6 is 7.92 Å². The fraction of sp³-hybridized carbons (Fsp3) is 0.909. The van der Waals surface area contributed by atoms with Crippen molar-refractivity contribution in [1.82, 2.24) is 4.90 Å². The van der Waals surface area contributed by atoms with Crippen molar-refractivity contribution in [2.45, 2.75) is 34.6 Å². The molecular formula is C11H26AuNOPSe+. The van der Waals surface area contributed by atoms with Gasteiger partial charge in [-0.05, 0) is 28.7 Å². The zero-order chi connectivity index (χ0) is 12.3. The smallest absolute Gasteiger partial charge is 0.0313 e. The second kappa shape index (κ2) is 16.2. The monoisotopic (exact) mass is 496 g/mol. The zero-order valence-corrected chi connectivity index (χ0v) is 16.0. The van der Waals surface area contributed by atoms with Gasteiger partial charge in [0.15, 0.2) is 0 Å².